The molecule has 0 saturated heterocycles. The Kier molecular flexibility index (Phi) is 79.1. The maximum Gasteiger partial charge on any atom is 2.00 e. The third-order valence-corrected chi connectivity index (χ3v) is 16.5. The van der Waals surface area contributed by atoms with Crippen molar-refractivity contribution in [2.24, 2.45) is 0 Å². The number of hydrogen-bond donors (Lipinski definition) is 0. The Labute approximate surface area is 517 Å². The van der Waals surface area contributed by atoms with Crippen LogP contribution in [0.1, 0.15) is 425 Å². The normalized spacial score (nSPS) is 11.1. The zero-order valence-corrected chi connectivity index (χ0v) is 57.6. The fourth-order valence-electron chi connectivity index (χ4n) is 11.1. The Bertz CT molecular complexity index is 1140. The zero-order valence-electron chi connectivity index (χ0n) is 54.6. The molecule has 8 nitrogen and oxygen atoms in total. The molecule has 0 N–H and O–H groups in total. The number of carboxylic acids is 2. The standard InChI is InChI=1S/2C36H70O4.Zn/c2*1-2-3-4-5-6-7-8-9-11-15-18-21-24-27-30-33-36(39)40-34-31-28-25-22-19-16-13-10-12-14-17-20-23-26-29-32-35(37)38;/h2*2-34H2,1H3,(H,37,38);/q;;+2/p-2. The molecular formula is C72H138O8Zn. The Morgan fingerprint density at radius 2 is 0.346 bits per heavy atom. The van der Waals surface area contributed by atoms with E-state index in [0.717, 1.165) is 64.2 Å². The maximum absolute atomic E-state index is 11.9. The van der Waals surface area contributed by atoms with Crippen LogP contribution in [-0.2, 0) is 48.1 Å². The molecule has 476 valence electrons. The molecule has 0 heterocycles. The van der Waals surface area contributed by atoms with Gasteiger partial charge in [-0.2, -0.15) is 0 Å². The molecule has 0 fully saturated rings. The van der Waals surface area contributed by atoms with Crippen LogP contribution in [-0.4, -0.2) is 37.1 Å². The van der Waals surface area contributed by atoms with Gasteiger partial charge in [0.15, 0.2) is 0 Å². The number of unbranched alkanes of at least 4 members (excludes halogenated alkanes) is 56. The van der Waals surface area contributed by atoms with Gasteiger partial charge in [0, 0.05) is 24.8 Å². The molecule has 0 aromatic carbocycles. The summed E-state index contributed by atoms with van der Waals surface area (Å²) < 4.78 is 10.8. The molecule has 0 rings (SSSR count). The molecule has 0 spiro atoms. The van der Waals surface area contributed by atoms with Crippen molar-refractivity contribution < 1.29 is 58.3 Å². The summed E-state index contributed by atoms with van der Waals surface area (Å²) in [6.45, 7) is 5.78. The first-order chi connectivity index (χ1) is 39.3. The van der Waals surface area contributed by atoms with Gasteiger partial charge >= 0.3 is 31.4 Å². The Morgan fingerprint density at radius 1 is 0.210 bits per heavy atom. The predicted molar refractivity (Wildman–Crippen MR) is 339 cm³/mol. The van der Waals surface area contributed by atoms with E-state index in [1.165, 1.54) is 321 Å². The minimum Gasteiger partial charge on any atom is -0.550 e. The number of carbonyl (C=O) groups excluding carboxylic acids is 4. The number of rotatable bonds is 68. The van der Waals surface area contributed by atoms with E-state index in [2.05, 4.69) is 13.8 Å². The quantitative estimate of drug-likeness (QED) is 0.0334. The third kappa shape index (κ3) is 82.8. The van der Waals surface area contributed by atoms with Gasteiger partial charge in [-0.15, -0.1) is 0 Å². The zero-order chi connectivity index (χ0) is 58.4. The van der Waals surface area contributed by atoms with Crippen LogP contribution >= 0.6 is 0 Å². The second-order valence-corrected chi connectivity index (χ2v) is 24.7. The average Bonchev–Trinajstić information content (AvgIpc) is 3.44. The maximum atomic E-state index is 11.9. The van der Waals surface area contributed by atoms with Gasteiger partial charge in [0.1, 0.15) is 0 Å². The SMILES string of the molecule is CCCCCCCCCCCCCCCCCC(=O)OCCCCCCCCCCCCCCCCCC(=O)[O-].CCCCCCCCCCCCCCCCCC(=O)OCCCCCCCCCCCCCCCCCC(=O)[O-].[Zn+2]. The molecule has 0 radical (unpaired) electrons. The van der Waals surface area contributed by atoms with Gasteiger partial charge in [-0.25, -0.2) is 0 Å². The number of esters is 2. The van der Waals surface area contributed by atoms with Crippen molar-refractivity contribution in [3.05, 3.63) is 0 Å². The fraction of sp³-hybridized carbons (Fsp3) is 0.944. The van der Waals surface area contributed by atoms with Crippen molar-refractivity contribution in [1.29, 1.82) is 0 Å². The number of carbonyl (C=O) groups is 4. The molecule has 0 atom stereocenters. The minimum absolute atomic E-state index is 0. The molecule has 0 unspecified atom stereocenters. The van der Waals surface area contributed by atoms with Crippen LogP contribution in [0.3, 0.4) is 0 Å². The van der Waals surface area contributed by atoms with Gasteiger partial charge < -0.3 is 29.3 Å². The van der Waals surface area contributed by atoms with E-state index in [0.29, 0.717) is 26.1 Å². The van der Waals surface area contributed by atoms with Crippen LogP contribution in [0.15, 0.2) is 0 Å². The number of ether oxygens (including phenoxy) is 2. The second-order valence-electron chi connectivity index (χ2n) is 24.7. The molecule has 0 aliphatic carbocycles. The summed E-state index contributed by atoms with van der Waals surface area (Å²) in [6.07, 6.45) is 78.6. The number of aliphatic carboxylic acids is 2. The first kappa shape index (κ1) is 83.7. The molecule has 0 aliphatic rings. The Balaban J connectivity index is -0.00000148. The molecule has 81 heavy (non-hydrogen) atoms. The summed E-state index contributed by atoms with van der Waals surface area (Å²) in [6, 6.07) is 0. The van der Waals surface area contributed by atoms with E-state index in [-0.39, 0.29) is 44.3 Å². The van der Waals surface area contributed by atoms with Crippen LogP contribution in [0.2, 0.25) is 0 Å². The van der Waals surface area contributed by atoms with E-state index >= 15 is 0 Å². The number of hydrogen-bond acceptors (Lipinski definition) is 8. The topological polar surface area (TPSA) is 133 Å². The van der Waals surface area contributed by atoms with E-state index in [1.54, 1.807) is 0 Å². The van der Waals surface area contributed by atoms with Crippen molar-refractivity contribution in [2.75, 3.05) is 13.2 Å². The van der Waals surface area contributed by atoms with Crippen LogP contribution in [0.4, 0.5) is 0 Å². The van der Waals surface area contributed by atoms with Crippen molar-refractivity contribution in [3.8, 4) is 0 Å². The third-order valence-electron chi connectivity index (χ3n) is 16.5. The summed E-state index contributed by atoms with van der Waals surface area (Å²) in [5.74, 6) is -1.82. The summed E-state index contributed by atoms with van der Waals surface area (Å²) in [5, 5.41) is 20.7. The van der Waals surface area contributed by atoms with E-state index in [1.807, 2.05) is 0 Å². The van der Waals surface area contributed by atoms with Gasteiger partial charge in [-0.1, -0.05) is 361 Å². The molecule has 0 aromatic heterocycles. The van der Waals surface area contributed by atoms with Crippen LogP contribution < -0.4 is 10.2 Å². The predicted octanol–water partition coefficient (Wildman–Crippen LogP) is 21.6. The summed E-state index contributed by atoms with van der Waals surface area (Å²) in [5.41, 5.74) is 0. The van der Waals surface area contributed by atoms with Crippen molar-refractivity contribution in [3.63, 3.8) is 0 Å². The Morgan fingerprint density at radius 3 is 0.506 bits per heavy atom. The summed E-state index contributed by atoms with van der Waals surface area (Å²) in [7, 11) is 0. The molecule has 9 heteroatoms. The number of carboxylic acid groups (broad SMARTS) is 2. The van der Waals surface area contributed by atoms with Crippen molar-refractivity contribution >= 4 is 23.9 Å². The molecule has 0 aromatic rings. The van der Waals surface area contributed by atoms with Gasteiger partial charge in [0.05, 0.1) is 13.2 Å². The van der Waals surface area contributed by atoms with Gasteiger partial charge in [-0.05, 0) is 51.4 Å². The summed E-state index contributed by atoms with van der Waals surface area (Å²) >= 11 is 0. The Hall–Kier alpha value is -1.50. The summed E-state index contributed by atoms with van der Waals surface area (Å²) in [4.78, 5) is 44.5. The molecule has 0 bridgehead atoms. The van der Waals surface area contributed by atoms with E-state index in [4.69, 9.17) is 9.47 Å². The van der Waals surface area contributed by atoms with Gasteiger partial charge in [-0.3, -0.25) is 9.59 Å². The van der Waals surface area contributed by atoms with Crippen molar-refractivity contribution in [1.82, 2.24) is 0 Å². The van der Waals surface area contributed by atoms with Crippen molar-refractivity contribution in [2.45, 2.75) is 425 Å². The molecule has 0 amide bonds. The molecule has 0 aliphatic heterocycles. The van der Waals surface area contributed by atoms with Gasteiger partial charge in [0.2, 0.25) is 0 Å². The van der Waals surface area contributed by atoms with E-state index in [9.17, 15) is 29.4 Å². The second kappa shape index (κ2) is 76.5. The van der Waals surface area contributed by atoms with Gasteiger partial charge in [0.25, 0.3) is 0 Å². The molecule has 0 saturated carbocycles. The monoisotopic (exact) mass is 1190 g/mol. The first-order valence-electron chi connectivity index (χ1n) is 36.0. The van der Waals surface area contributed by atoms with Crippen LogP contribution in [0.5, 0.6) is 0 Å². The average molecular weight is 1200 g/mol. The first-order valence-corrected chi connectivity index (χ1v) is 36.0. The smallest absolute Gasteiger partial charge is 0.550 e. The fourth-order valence-corrected chi connectivity index (χ4v) is 11.1. The minimum atomic E-state index is -0.915. The van der Waals surface area contributed by atoms with Crippen LogP contribution in [0.25, 0.3) is 0 Å². The molecular weight excluding hydrogens is 1060 g/mol. The van der Waals surface area contributed by atoms with E-state index < -0.39 is 11.9 Å². The largest absolute Gasteiger partial charge is 2.00 e. The van der Waals surface area contributed by atoms with Crippen LogP contribution in [0, 0.1) is 0 Å².